The number of carbonyl (C=O) groups is 5. The number of hydrogen-bond donors (Lipinski definition) is 2. The van der Waals surface area contributed by atoms with Crippen LogP contribution in [0.3, 0.4) is 0 Å². The second kappa shape index (κ2) is 8.58. The first-order chi connectivity index (χ1) is 16.0. The molecule has 0 bridgehead atoms. The maximum absolute atomic E-state index is 13.0. The van der Waals surface area contributed by atoms with Gasteiger partial charge >= 0.3 is 12.1 Å². The Morgan fingerprint density at radius 1 is 1.12 bits per heavy atom. The van der Waals surface area contributed by atoms with E-state index < -0.39 is 35.5 Å². The van der Waals surface area contributed by atoms with Gasteiger partial charge in [-0.25, -0.2) is 9.59 Å². The van der Waals surface area contributed by atoms with Gasteiger partial charge < -0.3 is 19.6 Å². The number of piperidine rings is 1. The maximum atomic E-state index is 13.0. The molecule has 0 spiro atoms. The third-order valence-electron chi connectivity index (χ3n) is 6.14. The number of carboxylic acid groups (broad SMARTS) is 1. The summed E-state index contributed by atoms with van der Waals surface area (Å²) < 4.78 is 5.40. The van der Waals surface area contributed by atoms with Gasteiger partial charge in [-0.1, -0.05) is 12.1 Å². The van der Waals surface area contributed by atoms with Crippen molar-refractivity contribution >= 4 is 35.4 Å². The van der Waals surface area contributed by atoms with Crippen molar-refractivity contribution in [3.8, 4) is 0 Å². The number of ether oxygens (including phenoxy) is 1. The van der Waals surface area contributed by atoms with Crippen LogP contribution in [0.1, 0.15) is 71.9 Å². The quantitative estimate of drug-likeness (QED) is 0.648. The predicted octanol–water partition coefficient (Wildman–Crippen LogP) is 2.17. The van der Waals surface area contributed by atoms with Gasteiger partial charge in [-0.15, -0.1) is 0 Å². The van der Waals surface area contributed by atoms with Crippen molar-refractivity contribution in [2.45, 2.75) is 58.2 Å². The minimum atomic E-state index is -1.17. The number of imide groups is 1. The minimum absolute atomic E-state index is 0.0206. The third-order valence-corrected chi connectivity index (χ3v) is 6.14. The Morgan fingerprint density at radius 3 is 2.41 bits per heavy atom. The number of benzene rings is 1. The average Bonchev–Trinajstić information content (AvgIpc) is 3.08. The SMILES string of the molecule is CC(C)(C)OC(=O)N1CC=C(c2ccc3c(c2C(=O)O)CN(C2CCC(=O)NC2=O)C3=O)CC1. The fourth-order valence-electron chi connectivity index (χ4n) is 4.56. The molecule has 3 heterocycles. The summed E-state index contributed by atoms with van der Waals surface area (Å²) in [5, 5.41) is 12.3. The highest BCUT2D eigenvalue weighted by Gasteiger charge is 2.41. The van der Waals surface area contributed by atoms with E-state index in [0.717, 1.165) is 5.57 Å². The van der Waals surface area contributed by atoms with Crippen LogP contribution in [-0.2, 0) is 20.9 Å². The number of carboxylic acids is 1. The van der Waals surface area contributed by atoms with Crippen LogP contribution >= 0.6 is 0 Å². The van der Waals surface area contributed by atoms with Gasteiger partial charge in [-0.05, 0) is 56.4 Å². The van der Waals surface area contributed by atoms with Crippen molar-refractivity contribution in [1.82, 2.24) is 15.1 Å². The Kier molecular flexibility index (Phi) is 5.93. The highest BCUT2D eigenvalue weighted by atomic mass is 16.6. The van der Waals surface area contributed by atoms with Crippen molar-refractivity contribution in [2.24, 2.45) is 0 Å². The van der Waals surface area contributed by atoms with Crippen LogP contribution in [0.5, 0.6) is 0 Å². The van der Waals surface area contributed by atoms with Gasteiger partial charge in [0.2, 0.25) is 11.8 Å². The Balaban J connectivity index is 1.60. The topological polar surface area (TPSA) is 133 Å². The summed E-state index contributed by atoms with van der Waals surface area (Å²) in [7, 11) is 0. The second-order valence-electron chi connectivity index (χ2n) is 9.63. The molecule has 0 saturated carbocycles. The van der Waals surface area contributed by atoms with Crippen LogP contribution in [0.25, 0.3) is 5.57 Å². The van der Waals surface area contributed by atoms with Crippen molar-refractivity contribution < 1.29 is 33.8 Å². The van der Waals surface area contributed by atoms with E-state index in [-0.39, 0.29) is 43.0 Å². The van der Waals surface area contributed by atoms with Gasteiger partial charge in [-0.2, -0.15) is 0 Å². The summed E-state index contributed by atoms with van der Waals surface area (Å²) in [6.45, 7) is 6.00. The van der Waals surface area contributed by atoms with E-state index >= 15 is 0 Å². The van der Waals surface area contributed by atoms with Gasteiger partial charge in [0.1, 0.15) is 11.6 Å². The number of amides is 4. The molecular formula is C24H27N3O7. The molecule has 1 aromatic carbocycles. The smallest absolute Gasteiger partial charge is 0.410 e. The zero-order chi connectivity index (χ0) is 24.8. The molecule has 10 heteroatoms. The van der Waals surface area contributed by atoms with Crippen LogP contribution in [-0.4, -0.2) is 69.4 Å². The fourth-order valence-corrected chi connectivity index (χ4v) is 4.56. The van der Waals surface area contributed by atoms with Gasteiger partial charge in [0.25, 0.3) is 5.91 Å². The average molecular weight is 469 g/mol. The van der Waals surface area contributed by atoms with E-state index in [1.807, 2.05) is 0 Å². The number of aromatic carboxylic acids is 1. The molecule has 1 fully saturated rings. The number of fused-ring (bicyclic) bond motifs is 1. The molecule has 3 aliphatic heterocycles. The van der Waals surface area contributed by atoms with Crippen LogP contribution in [0.2, 0.25) is 0 Å². The second-order valence-corrected chi connectivity index (χ2v) is 9.63. The third kappa shape index (κ3) is 4.40. The number of nitrogens with one attached hydrogen (secondary N) is 1. The zero-order valence-corrected chi connectivity index (χ0v) is 19.3. The molecule has 0 aliphatic carbocycles. The van der Waals surface area contributed by atoms with E-state index in [4.69, 9.17) is 4.74 Å². The Hall–Kier alpha value is -3.69. The highest BCUT2D eigenvalue weighted by molar-refractivity contribution is 6.08. The monoisotopic (exact) mass is 469 g/mol. The summed E-state index contributed by atoms with van der Waals surface area (Å²) in [6.07, 6.45) is 2.12. The lowest BCUT2D eigenvalue weighted by Gasteiger charge is -2.30. The zero-order valence-electron chi connectivity index (χ0n) is 19.3. The van der Waals surface area contributed by atoms with Crippen molar-refractivity contribution in [3.63, 3.8) is 0 Å². The van der Waals surface area contributed by atoms with Crippen LogP contribution in [0.15, 0.2) is 18.2 Å². The van der Waals surface area contributed by atoms with Crippen LogP contribution < -0.4 is 5.32 Å². The lowest BCUT2D eigenvalue weighted by molar-refractivity contribution is -0.136. The van der Waals surface area contributed by atoms with E-state index in [2.05, 4.69) is 5.32 Å². The summed E-state index contributed by atoms with van der Waals surface area (Å²) in [5.74, 6) is -2.53. The molecule has 34 heavy (non-hydrogen) atoms. The summed E-state index contributed by atoms with van der Waals surface area (Å²) in [4.78, 5) is 64.3. The minimum Gasteiger partial charge on any atom is -0.478 e. The number of carbonyl (C=O) groups excluding carboxylic acids is 4. The van der Waals surface area contributed by atoms with E-state index in [9.17, 15) is 29.1 Å². The largest absolute Gasteiger partial charge is 0.478 e. The molecule has 1 aromatic rings. The van der Waals surface area contributed by atoms with Gasteiger partial charge in [0, 0.05) is 31.6 Å². The molecule has 180 valence electrons. The molecule has 3 aliphatic rings. The molecule has 2 N–H and O–H groups in total. The van der Waals surface area contributed by atoms with Crippen molar-refractivity contribution in [3.05, 3.63) is 40.5 Å². The maximum Gasteiger partial charge on any atom is 0.410 e. The summed E-state index contributed by atoms with van der Waals surface area (Å²) in [6, 6.07) is 2.38. The first-order valence-electron chi connectivity index (χ1n) is 11.2. The highest BCUT2D eigenvalue weighted by Crippen LogP contribution is 2.35. The lowest BCUT2D eigenvalue weighted by Crippen LogP contribution is -2.52. The summed E-state index contributed by atoms with van der Waals surface area (Å²) >= 11 is 0. The Labute approximate surface area is 196 Å². The van der Waals surface area contributed by atoms with Gasteiger partial charge in [-0.3, -0.25) is 19.7 Å². The van der Waals surface area contributed by atoms with Crippen molar-refractivity contribution in [1.29, 1.82) is 0 Å². The van der Waals surface area contributed by atoms with Gasteiger partial charge in [0.15, 0.2) is 0 Å². The molecule has 1 atom stereocenters. The van der Waals surface area contributed by atoms with Crippen LogP contribution in [0.4, 0.5) is 4.79 Å². The number of hydrogen-bond acceptors (Lipinski definition) is 6. The van der Waals surface area contributed by atoms with E-state index in [1.54, 1.807) is 43.9 Å². The summed E-state index contributed by atoms with van der Waals surface area (Å²) in [5.41, 5.74) is 1.28. The Bertz CT molecular complexity index is 1130. The molecule has 10 nitrogen and oxygen atoms in total. The van der Waals surface area contributed by atoms with Gasteiger partial charge in [0.05, 0.1) is 5.56 Å². The Morgan fingerprint density at radius 2 is 1.82 bits per heavy atom. The van der Waals surface area contributed by atoms with E-state index in [1.165, 1.54) is 4.90 Å². The standard InChI is InChI=1S/C24H27N3O7/c1-24(2,3)34-23(33)26-10-8-13(9-11-26)14-4-5-15-16(19(14)22(31)32)12-27(21(15)30)17-6-7-18(28)25-20(17)29/h4-5,8,17H,6-7,9-12H2,1-3H3,(H,31,32)(H,25,28,29). The molecule has 4 amide bonds. The molecule has 1 unspecified atom stereocenters. The van der Waals surface area contributed by atoms with Crippen LogP contribution in [0, 0.1) is 0 Å². The number of nitrogens with zero attached hydrogens (tertiary/aromatic N) is 2. The fraction of sp³-hybridized carbons (Fsp3) is 0.458. The normalized spacial score (nSPS) is 20.6. The first kappa shape index (κ1) is 23.5. The van der Waals surface area contributed by atoms with E-state index in [0.29, 0.717) is 24.1 Å². The number of rotatable bonds is 3. The molecule has 0 aromatic heterocycles. The molecular weight excluding hydrogens is 442 g/mol. The molecule has 4 rings (SSSR count). The molecule has 0 radical (unpaired) electrons. The molecule has 1 saturated heterocycles. The first-order valence-corrected chi connectivity index (χ1v) is 11.2. The lowest BCUT2D eigenvalue weighted by atomic mass is 9.90. The predicted molar refractivity (Wildman–Crippen MR) is 120 cm³/mol. The van der Waals surface area contributed by atoms with Crippen molar-refractivity contribution in [2.75, 3.05) is 13.1 Å².